The molecule has 0 amide bonds. The summed E-state index contributed by atoms with van der Waals surface area (Å²) >= 11 is 0. The topological polar surface area (TPSA) is 3.24 Å². The van der Waals surface area contributed by atoms with Crippen molar-refractivity contribution in [2.45, 2.75) is 80.8 Å². The molecule has 0 saturated heterocycles. The highest BCUT2D eigenvalue weighted by Gasteiger charge is 2.17. The highest BCUT2D eigenvalue weighted by atomic mass is 31.0. The van der Waals surface area contributed by atoms with E-state index < -0.39 is 0 Å². The van der Waals surface area contributed by atoms with Crippen LogP contribution < -0.4 is 0 Å². The van der Waals surface area contributed by atoms with E-state index in [1.165, 1.54) is 32.5 Å². The molecule has 0 radical (unpaired) electrons. The van der Waals surface area contributed by atoms with E-state index in [0.29, 0.717) is 11.1 Å². The van der Waals surface area contributed by atoms with Crippen LogP contribution >= 0.6 is 9.24 Å². The fourth-order valence-electron chi connectivity index (χ4n) is 1.80. The molecular weight excluding hydrogens is 261 g/mol. The van der Waals surface area contributed by atoms with Gasteiger partial charge in [0.05, 0.1) is 0 Å². The van der Waals surface area contributed by atoms with Gasteiger partial charge in [0.2, 0.25) is 0 Å². The molecular formula is C18H42NP. The summed E-state index contributed by atoms with van der Waals surface area (Å²) in [6.07, 6.45) is 2.62. The van der Waals surface area contributed by atoms with Crippen molar-refractivity contribution in [1.29, 1.82) is 0 Å². The first-order valence-electron chi connectivity index (χ1n) is 8.59. The fraction of sp³-hybridized carbons (Fsp3) is 1.00. The summed E-state index contributed by atoms with van der Waals surface area (Å²) in [6, 6.07) is 0. The lowest BCUT2D eigenvalue weighted by Crippen LogP contribution is -2.35. The first-order chi connectivity index (χ1) is 9.11. The summed E-state index contributed by atoms with van der Waals surface area (Å²) in [6.45, 7) is 24.1. The lowest BCUT2D eigenvalue weighted by molar-refractivity contribution is 0.194. The van der Waals surface area contributed by atoms with E-state index in [1.807, 2.05) is 13.8 Å². The average molecular weight is 304 g/mol. The molecule has 0 heterocycles. The van der Waals surface area contributed by atoms with Gasteiger partial charge in [0, 0.05) is 6.54 Å². The Kier molecular flexibility index (Phi) is 13.6. The minimum absolute atomic E-state index is 0.450. The van der Waals surface area contributed by atoms with Crippen molar-refractivity contribution in [3.63, 3.8) is 0 Å². The van der Waals surface area contributed by atoms with Gasteiger partial charge in [-0.15, -0.1) is 9.24 Å². The SMILES string of the molecule is CC.CC(C)CCN(CCC(C)(C)C)CC(C)C(C)P. The van der Waals surface area contributed by atoms with E-state index >= 15 is 0 Å². The van der Waals surface area contributed by atoms with Crippen molar-refractivity contribution < 1.29 is 0 Å². The van der Waals surface area contributed by atoms with E-state index in [-0.39, 0.29) is 0 Å². The van der Waals surface area contributed by atoms with E-state index in [2.05, 4.69) is 62.6 Å². The minimum atomic E-state index is 0.450. The second-order valence-corrected chi connectivity index (χ2v) is 8.68. The molecule has 0 spiro atoms. The van der Waals surface area contributed by atoms with Gasteiger partial charge in [-0.2, -0.15) is 0 Å². The molecule has 0 N–H and O–H groups in total. The van der Waals surface area contributed by atoms with Crippen LogP contribution in [0.2, 0.25) is 0 Å². The predicted octanol–water partition coefficient (Wildman–Crippen LogP) is 5.70. The van der Waals surface area contributed by atoms with Gasteiger partial charge in [-0.1, -0.05) is 62.3 Å². The number of nitrogens with zero attached hydrogens (tertiary/aromatic N) is 1. The smallest absolute Gasteiger partial charge is 0.00128 e. The molecule has 20 heavy (non-hydrogen) atoms. The van der Waals surface area contributed by atoms with Crippen LogP contribution in [0.5, 0.6) is 0 Å². The highest BCUT2D eigenvalue weighted by Crippen LogP contribution is 2.21. The first-order valence-corrected chi connectivity index (χ1v) is 9.26. The molecule has 0 saturated carbocycles. The normalized spacial score (nSPS) is 15.0. The van der Waals surface area contributed by atoms with Crippen molar-refractivity contribution in [3.05, 3.63) is 0 Å². The van der Waals surface area contributed by atoms with Gasteiger partial charge in [0.15, 0.2) is 0 Å². The predicted molar refractivity (Wildman–Crippen MR) is 99.7 cm³/mol. The van der Waals surface area contributed by atoms with Crippen molar-refractivity contribution in [2.24, 2.45) is 17.3 Å². The number of hydrogen-bond donors (Lipinski definition) is 0. The van der Waals surface area contributed by atoms with Crippen LogP contribution in [0.3, 0.4) is 0 Å². The summed E-state index contributed by atoms with van der Waals surface area (Å²) in [5.74, 6) is 1.58. The molecule has 0 rings (SSSR count). The van der Waals surface area contributed by atoms with Crippen molar-refractivity contribution in [1.82, 2.24) is 4.90 Å². The molecule has 0 aliphatic rings. The maximum Gasteiger partial charge on any atom is 0.00128 e. The summed E-state index contributed by atoms with van der Waals surface area (Å²) < 4.78 is 0. The van der Waals surface area contributed by atoms with Crippen LogP contribution in [-0.4, -0.2) is 30.2 Å². The Balaban J connectivity index is 0. The van der Waals surface area contributed by atoms with Crippen LogP contribution in [0.4, 0.5) is 0 Å². The fourth-order valence-corrected chi connectivity index (χ4v) is 1.92. The zero-order chi connectivity index (χ0) is 16.3. The monoisotopic (exact) mass is 303 g/mol. The molecule has 0 fully saturated rings. The summed E-state index contributed by atoms with van der Waals surface area (Å²) in [7, 11) is 2.95. The zero-order valence-corrected chi connectivity index (χ0v) is 16.9. The molecule has 0 aromatic heterocycles. The molecule has 0 bridgehead atoms. The third-order valence-electron chi connectivity index (χ3n) is 3.64. The van der Waals surface area contributed by atoms with Gasteiger partial charge in [-0.05, 0) is 48.8 Å². The minimum Gasteiger partial charge on any atom is -0.303 e. The van der Waals surface area contributed by atoms with E-state index in [9.17, 15) is 0 Å². The Morgan fingerprint density at radius 2 is 1.45 bits per heavy atom. The Morgan fingerprint density at radius 1 is 0.950 bits per heavy atom. The quantitative estimate of drug-likeness (QED) is 0.520. The third kappa shape index (κ3) is 14.8. The maximum atomic E-state index is 2.95. The van der Waals surface area contributed by atoms with Gasteiger partial charge in [-0.25, -0.2) is 0 Å². The molecule has 0 aliphatic carbocycles. The summed E-state index contributed by atoms with van der Waals surface area (Å²) in [5, 5.41) is 0. The van der Waals surface area contributed by atoms with Crippen molar-refractivity contribution >= 4 is 9.24 Å². The Bertz CT molecular complexity index is 206. The van der Waals surface area contributed by atoms with Crippen LogP contribution in [0.25, 0.3) is 0 Å². The molecule has 0 aliphatic heterocycles. The third-order valence-corrected chi connectivity index (χ3v) is 4.30. The first kappa shape index (κ1) is 22.7. The standard InChI is InChI=1S/C16H36NP.C2H6/c1-13(2)8-10-17(11-9-16(5,6)7)12-14(3)15(4)18;1-2/h13-15H,8-12,18H2,1-7H3;1-2H3. The van der Waals surface area contributed by atoms with Crippen LogP contribution in [0, 0.1) is 17.3 Å². The molecule has 2 heteroatoms. The maximum absolute atomic E-state index is 2.95. The Hall–Kier alpha value is 0.390. The van der Waals surface area contributed by atoms with E-state index in [4.69, 9.17) is 0 Å². The molecule has 3 unspecified atom stereocenters. The molecule has 0 aromatic carbocycles. The van der Waals surface area contributed by atoms with E-state index in [1.54, 1.807) is 0 Å². The van der Waals surface area contributed by atoms with Gasteiger partial charge in [0.25, 0.3) is 0 Å². The number of rotatable bonds is 8. The van der Waals surface area contributed by atoms with E-state index in [0.717, 1.165) is 11.8 Å². The zero-order valence-electron chi connectivity index (χ0n) is 15.8. The summed E-state index contributed by atoms with van der Waals surface area (Å²) in [4.78, 5) is 2.68. The second kappa shape index (κ2) is 12.0. The lowest BCUT2D eigenvalue weighted by Gasteiger charge is -2.30. The highest BCUT2D eigenvalue weighted by molar-refractivity contribution is 7.17. The van der Waals surface area contributed by atoms with Crippen LogP contribution in [-0.2, 0) is 0 Å². The van der Waals surface area contributed by atoms with Crippen LogP contribution in [0.15, 0.2) is 0 Å². The summed E-state index contributed by atoms with van der Waals surface area (Å²) in [5.41, 5.74) is 1.16. The van der Waals surface area contributed by atoms with Gasteiger partial charge >= 0.3 is 0 Å². The molecule has 0 aromatic rings. The van der Waals surface area contributed by atoms with Gasteiger partial charge < -0.3 is 4.90 Å². The van der Waals surface area contributed by atoms with Crippen molar-refractivity contribution in [3.8, 4) is 0 Å². The molecule has 3 atom stereocenters. The van der Waals surface area contributed by atoms with Gasteiger partial charge in [0.1, 0.15) is 0 Å². The Morgan fingerprint density at radius 3 is 1.80 bits per heavy atom. The molecule has 1 nitrogen and oxygen atoms in total. The van der Waals surface area contributed by atoms with Gasteiger partial charge in [-0.3, -0.25) is 0 Å². The second-order valence-electron chi connectivity index (χ2n) is 7.63. The Labute approximate surface area is 132 Å². The molecule has 124 valence electrons. The average Bonchev–Trinajstić information content (AvgIpc) is 2.33. The largest absolute Gasteiger partial charge is 0.303 e. The van der Waals surface area contributed by atoms with Crippen LogP contribution in [0.1, 0.15) is 75.2 Å². The van der Waals surface area contributed by atoms with Crippen molar-refractivity contribution in [2.75, 3.05) is 19.6 Å². The number of hydrogen-bond acceptors (Lipinski definition) is 1. The lowest BCUT2D eigenvalue weighted by atomic mass is 9.92.